The van der Waals surface area contributed by atoms with Crippen LogP contribution in [0, 0.1) is 0 Å². The van der Waals surface area contributed by atoms with Crippen molar-refractivity contribution in [2.75, 3.05) is 25.4 Å². The number of nitrogens with one attached hydrogen (secondary N) is 1. The van der Waals surface area contributed by atoms with Gasteiger partial charge in [0.15, 0.2) is 0 Å². The monoisotopic (exact) mass is 284 g/mol. The van der Waals surface area contributed by atoms with Gasteiger partial charge in [-0.05, 0) is 38.1 Å². The first-order valence-electron chi connectivity index (χ1n) is 6.47. The van der Waals surface area contributed by atoms with Crippen LogP contribution in [0.5, 0.6) is 0 Å². The van der Waals surface area contributed by atoms with Gasteiger partial charge in [0.25, 0.3) is 0 Å². The van der Waals surface area contributed by atoms with Gasteiger partial charge in [0.2, 0.25) is 10.0 Å². The maximum atomic E-state index is 12.2. The van der Waals surface area contributed by atoms with E-state index in [1.54, 1.807) is 0 Å². The quantitative estimate of drug-likeness (QED) is 0.837. The molecule has 1 aliphatic heterocycles. The number of pyridine rings is 1. The summed E-state index contributed by atoms with van der Waals surface area (Å²) in [6.07, 6.45) is 3.18. The maximum absolute atomic E-state index is 12.2. The van der Waals surface area contributed by atoms with Crippen LogP contribution < -0.4 is 10.5 Å². The number of likely N-dealkylation sites (N-methyl/N-ethyl adjacent to an activating group) is 1. The summed E-state index contributed by atoms with van der Waals surface area (Å²) in [4.78, 5) is 6.23. The molecule has 19 heavy (non-hydrogen) atoms. The fourth-order valence-electron chi connectivity index (χ4n) is 2.28. The predicted molar refractivity (Wildman–Crippen MR) is 74.1 cm³/mol. The fourth-order valence-corrected chi connectivity index (χ4v) is 3.48. The molecular formula is C12H20N4O2S. The van der Waals surface area contributed by atoms with E-state index in [4.69, 9.17) is 5.73 Å². The number of sulfonamides is 1. The molecule has 6 nitrogen and oxygen atoms in total. The fraction of sp³-hybridized carbons (Fsp3) is 0.583. The molecule has 7 heteroatoms. The van der Waals surface area contributed by atoms with Gasteiger partial charge in [-0.1, -0.05) is 6.92 Å². The normalized spacial score (nSPS) is 21.4. The Morgan fingerprint density at radius 3 is 2.95 bits per heavy atom. The number of hydrogen-bond donors (Lipinski definition) is 2. The minimum atomic E-state index is -3.50. The van der Waals surface area contributed by atoms with Crippen molar-refractivity contribution in [2.24, 2.45) is 0 Å². The summed E-state index contributed by atoms with van der Waals surface area (Å²) in [5, 5.41) is 0. The number of nitrogen functional groups attached to an aromatic ring is 1. The summed E-state index contributed by atoms with van der Waals surface area (Å²) in [5.74, 6) is 0.314. The number of aromatic nitrogens is 1. The van der Waals surface area contributed by atoms with Crippen molar-refractivity contribution >= 4 is 15.8 Å². The molecule has 3 N–H and O–H groups in total. The summed E-state index contributed by atoms with van der Waals surface area (Å²) >= 11 is 0. The lowest BCUT2D eigenvalue weighted by Crippen LogP contribution is -2.47. The molecule has 1 fully saturated rings. The number of nitrogens with two attached hydrogens (primary N) is 1. The highest BCUT2D eigenvalue weighted by molar-refractivity contribution is 7.89. The number of likely N-dealkylation sites (tertiary alicyclic amines) is 1. The average Bonchev–Trinajstić information content (AvgIpc) is 2.39. The highest BCUT2D eigenvalue weighted by atomic mass is 32.2. The van der Waals surface area contributed by atoms with Crippen molar-refractivity contribution in [1.82, 2.24) is 14.6 Å². The minimum Gasteiger partial charge on any atom is -0.384 e. The van der Waals surface area contributed by atoms with E-state index in [9.17, 15) is 8.42 Å². The van der Waals surface area contributed by atoms with Crippen molar-refractivity contribution in [2.45, 2.75) is 30.7 Å². The number of rotatable bonds is 4. The van der Waals surface area contributed by atoms with Crippen LogP contribution in [0.1, 0.15) is 19.8 Å². The molecule has 2 heterocycles. The van der Waals surface area contributed by atoms with Crippen LogP contribution in [0.15, 0.2) is 23.2 Å². The Morgan fingerprint density at radius 2 is 2.32 bits per heavy atom. The standard InChI is InChI=1S/C12H20N4O2S/c1-2-16-7-3-4-10(9-16)15-19(17,18)11-5-6-12(13)14-8-11/h5-6,8,10,15H,2-4,7,9H2,1H3,(H2,13,14). The summed E-state index contributed by atoms with van der Waals surface area (Å²) in [6, 6.07) is 2.94. The van der Waals surface area contributed by atoms with Crippen molar-refractivity contribution in [3.05, 3.63) is 18.3 Å². The average molecular weight is 284 g/mol. The zero-order valence-corrected chi connectivity index (χ0v) is 11.9. The van der Waals surface area contributed by atoms with E-state index in [0.717, 1.165) is 32.5 Å². The number of hydrogen-bond acceptors (Lipinski definition) is 5. The molecular weight excluding hydrogens is 264 g/mol. The third kappa shape index (κ3) is 3.65. The number of anilines is 1. The third-order valence-electron chi connectivity index (χ3n) is 3.34. The van der Waals surface area contributed by atoms with E-state index in [-0.39, 0.29) is 10.9 Å². The lowest BCUT2D eigenvalue weighted by Gasteiger charge is -2.31. The van der Waals surface area contributed by atoms with Crippen molar-refractivity contribution in [1.29, 1.82) is 0 Å². The molecule has 2 rings (SSSR count). The first-order valence-corrected chi connectivity index (χ1v) is 7.96. The second-order valence-corrected chi connectivity index (χ2v) is 6.49. The van der Waals surface area contributed by atoms with E-state index in [2.05, 4.69) is 21.5 Å². The van der Waals surface area contributed by atoms with Gasteiger partial charge in [0.05, 0.1) is 0 Å². The van der Waals surface area contributed by atoms with Gasteiger partial charge in [0, 0.05) is 18.8 Å². The van der Waals surface area contributed by atoms with Crippen molar-refractivity contribution in [3.63, 3.8) is 0 Å². The Hall–Kier alpha value is -1.18. The molecule has 0 amide bonds. The van der Waals surface area contributed by atoms with Crippen LogP contribution in [0.2, 0.25) is 0 Å². The Balaban J connectivity index is 2.06. The van der Waals surface area contributed by atoms with Crippen LogP contribution in [-0.2, 0) is 10.0 Å². The maximum Gasteiger partial charge on any atom is 0.242 e. The summed E-state index contributed by atoms with van der Waals surface area (Å²) in [5.41, 5.74) is 5.46. The van der Waals surface area contributed by atoms with E-state index in [1.807, 2.05) is 0 Å². The van der Waals surface area contributed by atoms with Crippen LogP contribution >= 0.6 is 0 Å². The van der Waals surface area contributed by atoms with E-state index < -0.39 is 10.0 Å². The van der Waals surface area contributed by atoms with Crippen molar-refractivity contribution < 1.29 is 8.42 Å². The zero-order chi connectivity index (χ0) is 13.9. The molecule has 0 saturated carbocycles. The summed E-state index contributed by atoms with van der Waals surface area (Å²) < 4.78 is 27.1. The molecule has 0 bridgehead atoms. The molecule has 1 aliphatic rings. The topological polar surface area (TPSA) is 88.3 Å². The molecule has 1 atom stereocenters. The van der Waals surface area contributed by atoms with Crippen LogP contribution in [0.3, 0.4) is 0 Å². The Bertz CT molecular complexity index is 515. The van der Waals surface area contributed by atoms with Gasteiger partial charge in [-0.15, -0.1) is 0 Å². The van der Waals surface area contributed by atoms with Gasteiger partial charge in [0.1, 0.15) is 10.7 Å². The minimum absolute atomic E-state index is 0.0312. The van der Waals surface area contributed by atoms with Crippen molar-refractivity contribution in [3.8, 4) is 0 Å². The van der Waals surface area contributed by atoms with E-state index >= 15 is 0 Å². The van der Waals surface area contributed by atoms with Crippen LogP contribution in [-0.4, -0.2) is 44.0 Å². The molecule has 1 aromatic rings. The molecule has 0 aromatic carbocycles. The lowest BCUT2D eigenvalue weighted by molar-refractivity contribution is 0.211. The molecule has 1 unspecified atom stereocenters. The molecule has 0 radical (unpaired) electrons. The van der Waals surface area contributed by atoms with Crippen LogP contribution in [0.4, 0.5) is 5.82 Å². The molecule has 1 aromatic heterocycles. The summed E-state index contributed by atoms with van der Waals surface area (Å²) in [6.45, 7) is 4.83. The molecule has 106 valence electrons. The molecule has 0 aliphatic carbocycles. The third-order valence-corrected chi connectivity index (χ3v) is 4.85. The van der Waals surface area contributed by atoms with Gasteiger partial charge in [-0.25, -0.2) is 18.1 Å². The molecule has 0 spiro atoms. The van der Waals surface area contributed by atoms with E-state index in [0.29, 0.717) is 5.82 Å². The largest absolute Gasteiger partial charge is 0.384 e. The molecule has 1 saturated heterocycles. The highest BCUT2D eigenvalue weighted by Gasteiger charge is 2.24. The predicted octanol–water partition coefficient (Wildman–Crippen LogP) is 0.426. The van der Waals surface area contributed by atoms with Crippen LogP contribution in [0.25, 0.3) is 0 Å². The van der Waals surface area contributed by atoms with Gasteiger partial charge in [-0.2, -0.15) is 0 Å². The van der Waals surface area contributed by atoms with Gasteiger partial charge in [-0.3, -0.25) is 0 Å². The van der Waals surface area contributed by atoms with E-state index in [1.165, 1.54) is 18.3 Å². The Labute approximate surface area is 114 Å². The first-order chi connectivity index (χ1) is 9.01. The van der Waals surface area contributed by atoms with Gasteiger partial charge < -0.3 is 10.6 Å². The zero-order valence-electron chi connectivity index (χ0n) is 11.0. The smallest absolute Gasteiger partial charge is 0.242 e. The second kappa shape index (κ2) is 5.85. The highest BCUT2D eigenvalue weighted by Crippen LogP contribution is 2.14. The summed E-state index contributed by atoms with van der Waals surface area (Å²) in [7, 11) is -3.50. The number of piperidine rings is 1. The number of nitrogens with zero attached hydrogens (tertiary/aromatic N) is 2. The SMILES string of the molecule is CCN1CCCC(NS(=O)(=O)c2ccc(N)nc2)C1. The van der Waals surface area contributed by atoms with Gasteiger partial charge >= 0.3 is 0 Å². The second-order valence-electron chi connectivity index (χ2n) is 4.77. The first kappa shape index (κ1) is 14.2. The lowest BCUT2D eigenvalue weighted by atomic mass is 10.1. The Morgan fingerprint density at radius 1 is 1.53 bits per heavy atom. The Kier molecular flexibility index (Phi) is 4.38.